The van der Waals surface area contributed by atoms with Crippen LogP contribution in [-0.2, 0) is 4.79 Å². The minimum atomic E-state index is -0.365. The molecule has 3 amide bonds. The molecule has 0 saturated carbocycles. The fourth-order valence-corrected chi connectivity index (χ4v) is 2.76. The van der Waals surface area contributed by atoms with Crippen LogP contribution in [0.5, 0.6) is 5.75 Å². The van der Waals surface area contributed by atoms with Gasteiger partial charge >= 0.3 is 0 Å². The van der Waals surface area contributed by atoms with E-state index in [1.54, 1.807) is 24.3 Å². The third-order valence-corrected chi connectivity index (χ3v) is 4.17. The number of hydrogen-bond donors (Lipinski definition) is 1. The van der Waals surface area contributed by atoms with Crippen molar-refractivity contribution in [3.05, 3.63) is 65.5 Å². The van der Waals surface area contributed by atoms with Crippen LogP contribution in [0.15, 0.2) is 48.5 Å². The summed E-state index contributed by atoms with van der Waals surface area (Å²) in [6.45, 7) is 0.830. The Balaban J connectivity index is 1.35. The average Bonchev–Trinajstić information content (AvgIpc) is 2.92. The van der Waals surface area contributed by atoms with Crippen LogP contribution < -0.4 is 10.1 Å². The van der Waals surface area contributed by atoms with Gasteiger partial charge in [0.15, 0.2) is 0 Å². The number of carbonyl (C=O) groups is 3. The summed E-state index contributed by atoms with van der Waals surface area (Å²) in [4.78, 5) is 37.4. The summed E-state index contributed by atoms with van der Waals surface area (Å²) in [7, 11) is 0. The molecule has 0 fully saturated rings. The lowest BCUT2D eigenvalue weighted by Crippen LogP contribution is -2.35. The van der Waals surface area contributed by atoms with Gasteiger partial charge in [0, 0.05) is 19.5 Å². The largest absolute Gasteiger partial charge is 0.494 e. The Hall–Kier alpha value is -3.22. The molecule has 0 spiro atoms. The SMILES string of the molecule is O=C(CCN1C(=O)c2ccccc2C1=O)NCCCOc1ccc(F)cc1. The van der Waals surface area contributed by atoms with Gasteiger partial charge in [0.2, 0.25) is 5.91 Å². The van der Waals surface area contributed by atoms with Crippen molar-refractivity contribution < 1.29 is 23.5 Å². The molecule has 3 rings (SSSR count). The summed E-state index contributed by atoms with van der Waals surface area (Å²) in [6, 6.07) is 12.3. The van der Waals surface area contributed by atoms with Gasteiger partial charge in [-0.1, -0.05) is 12.1 Å². The minimum Gasteiger partial charge on any atom is -0.494 e. The first-order valence-corrected chi connectivity index (χ1v) is 8.66. The van der Waals surface area contributed by atoms with E-state index in [1.165, 1.54) is 24.3 Å². The Morgan fingerprint density at radius 3 is 2.26 bits per heavy atom. The van der Waals surface area contributed by atoms with Crippen LogP contribution in [0, 0.1) is 5.82 Å². The number of ether oxygens (including phenoxy) is 1. The van der Waals surface area contributed by atoms with Crippen LogP contribution >= 0.6 is 0 Å². The van der Waals surface area contributed by atoms with E-state index in [0.717, 1.165) is 4.90 Å². The lowest BCUT2D eigenvalue weighted by atomic mass is 10.1. The van der Waals surface area contributed by atoms with E-state index in [-0.39, 0.29) is 36.5 Å². The molecular weight excluding hydrogens is 351 g/mol. The molecule has 0 radical (unpaired) electrons. The topological polar surface area (TPSA) is 75.7 Å². The van der Waals surface area contributed by atoms with Gasteiger partial charge in [-0.05, 0) is 42.8 Å². The lowest BCUT2D eigenvalue weighted by Gasteiger charge is -2.13. The average molecular weight is 370 g/mol. The number of fused-ring (bicyclic) bond motifs is 1. The molecule has 27 heavy (non-hydrogen) atoms. The van der Waals surface area contributed by atoms with Crippen molar-refractivity contribution in [2.24, 2.45) is 0 Å². The second kappa shape index (κ2) is 8.44. The highest BCUT2D eigenvalue weighted by Gasteiger charge is 2.34. The van der Waals surface area contributed by atoms with Crippen LogP contribution in [0.3, 0.4) is 0 Å². The number of benzene rings is 2. The van der Waals surface area contributed by atoms with E-state index in [1.807, 2.05) is 0 Å². The molecule has 6 nitrogen and oxygen atoms in total. The minimum absolute atomic E-state index is 0.0459. The number of nitrogens with zero attached hydrogens (tertiary/aromatic N) is 1. The molecule has 2 aromatic carbocycles. The standard InChI is InChI=1S/C20H19FN2O4/c21-14-6-8-15(9-7-14)27-13-3-11-22-18(24)10-12-23-19(25)16-4-1-2-5-17(16)20(23)26/h1-2,4-9H,3,10-13H2,(H,22,24). The second-order valence-corrected chi connectivity index (χ2v) is 6.06. The van der Waals surface area contributed by atoms with Crippen molar-refractivity contribution in [3.63, 3.8) is 0 Å². The molecule has 0 bridgehead atoms. The molecule has 1 heterocycles. The highest BCUT2D eigenvalue weighted by atomic mass is 19.1. The quantitative estimate of drug-likeness (QED) is 0.572. The van der Waals surface area contributed by atoms with Crippen LogP contribution in [0.25, 0.3) is 0 Å². The van der Waals surface area contributed by atoms with Crippen molar-refractivity contribution in [1.82, 2.24) is 10.2 Å². The molecule has 0 saturated heterocycles. The summed E-state index contributed by atoms with van der Waals surface area (Å²) in [5.41, 5.74) is 0.752. The Labute approximate surface area is 155 Å². The van der Waals surface area contributed by atoms with Crippen LogP contribution in [-0.4, -0.2) is 42.3 Å². The van der Waals surface area contributed by atoms with Crippen LogP contribution in [0.4, 0.5) is 4.39 Å². The number of carbonyl (C=O) groups excluding carboxylic acids is 3. The van der Waals surface area contributed by atoms with Gasteiger partial charge in [-0.15, -0.1) is 0 Å². The highest BCUT2D eigenvalue weighted by Crippen LogP contribution is 2.22. The molecule has 0 unspecified atom stereocenters. The van der Waals surface area contributed by atoms with Crippen molar-refractivity contribution in [2.45, 2.75) is 12.8 Å². The summed E-state index contributed by atoms with van der Waals surface area (Å²) in [5.74, 6) is -0.735. The maximum atomic E-state index is 12.8. The zero-order valence-corrected chi connectivity index (χ0v) is 14.6. The summed E-state index contributed by atoms with van der Waals surface area (Å²) in [6.07, 6.45) is 0.625. The number of hydrogen-bond acceptors (Lipinski definition) is 4. The normalized spacial score (nSPS) is 12.9. The van der Waals surface area contributed by atoms with E-state index in [9.17, 15) is 18.8 Å². The Morgan fingerprint density at radius 2 is 1.63 bits per heavy atom. The van der Waals surface area contributed by atoms with E-state index < -0.39 is 0 Å². The Morgan fingerprint density at radius 1 is 1.00 bits per heavy atom. The van der Waals surface area contributed by atoms with E-state index in [4.69, 9.17) is 4.74 Å². The second-order valence-electron chi connectivity index (χ2n) is 6.06. The molecule has 0 aromatic heterocycles. The van der Waals surface area contributed by atoms with E-state index in [2.05, 4.69) is 5.32 Å². The number of rotatable bonds is 8. The molecule has 1 aliphatic rings. The molecule has 7 heteroatoms. The van der Waals surface area contributed by atoms with Crippen molar-refractivity contribution >= 4 is 17.7 Å². The molecule has 0 atom stereocenters. The van der Waals surface area contributed by atoms with Crippen molar-refractivity contribution in [1.29, 1.82) is 0 Å². The fourth-order valence-electron chi connectivity index (χ4n) is 2.76. The Bertz CT molecular complexity index is 816. The molecule has 0 aliphatic carbocycles. The molecule has 140 valence electrons. The first-order valence-electron chi connectivity index (χ1n) is 8.66. The number of halogens is 1. The lowest BCUT2D eigenvalue weighted by molar-refractivity contribution is -0.121. The number of imide groups is 1. The number of amides is 3. The maximum absolute atomic E-state index is 12.8. The zero-order valence-electron chi connectivity index (χ0n) is 14.6. The maximum Gasteiger partial charge on any atom is 0.261 e. The van der Waals surface area contributed by atoms with Gasteiger partial charge < -0.3 is 10.1 Å². The molecule has 1 aliphatic heterocycles. The fraction of sp³-hybridized carbons (Fsp3) is 0.250. The monoisotopic (exact) mass is 370 g/mol. The zero-order chi connectivity index (χ0) is 19.2. The van der Waals surface area contributed by atoms with Crippen LogP contribution in [0.2, 0.25) is 0 Å². The van der Waals surface area contributed by atoms with Gasteiger partial charge in [-0.25, -0.2) is 4.39 Å². The third kappa shape index (κ3) is 4.49. The molecule has 1 N–H and O–H groups in total. The third-order valence-electron chi connectivity index (χ3n) is 4.17. The predicted octanol–water partition coefficient (Wildman–Crippen LogP) is 2.40. The first-order chi connectivity index (χ1) is 13.1. The van der Waals surface area contributed by atoms with Gasteiger partial charge in [0.1, 0.15) is 11.6 Å². The summed E-state index contributed by atoms with van der Waals surface area (Å²) in [5, 5.41) is 2.72. The number of nitrogens with one attached hydrogen (secondary N) is 1. The molecule has 2 aromatic rings. The first kappa shape index (κ1) is 18.6. The van der Waals surface area contributed by atoms with Crippen LogP contribution in [0.1, 0.15) is 33.6 Å². The van der Waals surface area contributed by atoms with Gasteiger partial charge in [0.05, 0.1) is 17.7 Å². The predicted molar refractivity (Wildman–Crippen MR) is 95.9 cm³/mol. The van der Waals surface area contributed by atoms with Gasteiger partial charge in [0.25, 0.3) is 11.8 Å². The van der Waals surface area contributed by atoms with Crippen molar-refractivity contribution in [2.75, 3.05) is 19.7 Å². The van der Waals surface area contributed by atoms with Gasteiger partial charge in [-0.2, -0.15) is 0 Å². The highest BCUT2D eigenvalue weighted by molar-refractivity contribution is 6.21. The smallest absolute Gasteiger partial charge is 0.261 e. The van der Waals surface area contributed by atoms with E-state index in [0.29, 0.717) is 36.4 Å². The van der Waals surface area contributed by atoms with Gasteiger partial charge in [-0.3, -0.25) is 19.3 Å². The summed E-state index contributed by atoms with van der Waals surface area (Å²) < 4.78 is 18.2. The Kier molecular flexibility index (Phi) is 5.80. The molecular formula is C20H19FN2O4. The van der Waals surface area contributed by atoms with Crippen molar-refractivity contribution in [3.8, 4) is 5.75 Å². The van der Waals surface area contributed by atoms with E-state index >= 15 is 0 Å². The summed E-state index contributed by atoms with van der Waals surface area (Å²) >= 11 is 0.